The van der Waals surface area contributed by atoms with Crippen molar-refractivity contribution in [3.05, 3.63) is 83.8 Å². The normalized spacial score (nSPS) is 10.3. The summed E-state index contributed by atoms with van der Waals surface area (Å²) in [5, 5.41) is 5.86. The van der Waals surface area contributed by atoms with Gasteiger partial charge in [0.25, 0.3) is 5.91 Å². The van der Waals surface area contributed by atoms with Crippen LogP contribution in [0.5, 0.6) is 5.75 Å². The molecule has 2 aromatic carbocycles. The lowest BCUT2D eigenvalue weighted by Gasteiger charge is -2.08. The molecular weight excluding hydrogens is 345 g/mol. The van der Waals surface area contributed by atoms with Crippen LogP contribution in [0.2, 0.25) is 0 Å². The van der Waals surface area contributed by atoms with Gasteiger partial charge in [-0.25, -0.2) is 9.37 Å². The van der Waals surface area contributed by atoms with Crippen LogP contribution in [0.15, 0.2) is 66.9 Å². The Labute approximate surface area is 157 Å². The van der Waals surface area contributed by atoms with Gasteiger partial charge in [0.05, 0.1) is 12.7 Å². The molecule has 6 heteroatoms. The summed E-state index contributed by atoms with van der Waals surface area (Å²) in [4.78, 5) is 16.4. The van der Waals surface area contributed by atoms with Gasteiger partial charge in [-0.2, -0.15) is 0 Å². The van der Waals surface area contributed by atoms with Crippen LogP contribution < -0.4 is 15.4 Å². The molecule has 0 spiro atoms. The lowest BCUT2D eigenvalue weighted by atomic mass is 10.1. The van der Waals surface area contributed by atoms with E-state index in [2.05, 4.69) is 15.6 Å². The van der Waals surface area contributed by atoms with E-state index in [1.54, 1.807) is 31.4 Å². The van der Waals surface area contributed by atoms with Gasteiger partial charge in [-0.1, -0.05) is 18.2 Å². The number of methoxy groups -OCH3 is 1. The number of carbonyl (C=O) groups is 1. The fourth-order valence-corrected chi connectivity index (χ4v) is 2.53. The lowest BCUT2D eigenvalue weighted by molar-refractivity contribution is 0.0954. The van der Waals surface area contributed by atoms with Gasteiger partial charge in [-0.05, 0) is 54.4 Å². The number of carbonyl (C=O) groups excluding carboxylic acids is 1. The minimum absolute atomic E-state index is 0.187. The minimum atomic E-state index is -0.326. The number of hydrogen-bond acceptors (Lipinski definition) is 4. The third kappa shape index (κ3) is 5.28. The number of rotatable bonds is 7. The molecule has 138 valence electrons. The van der Waals surface area contributed by atoms with Gasteiger partial charge in [-0.3, -0.25) is 4.79 Å². The molecule has 0 fully saturated rings. The van der Waals surface area contributed by atoms with E-state index in [1.807, 2.05) is 24.3 Å². The highest BCUT2D eigenvalue weighted by Crippen LogP contribution is 2.16. The van der Waals surface area contributed by atoms with E-state index in [-0.39, 0.29) is 11.7 Å². The maximum absolute atomic E-state index is 13.2. The Morgan fingerprint density at radius 3 is 2.59 bits per heavy atom. The smallest absolute Gasteiger partial charge is 0.252 e. The standard InChI is InChI=1S/C21H20FN3O2/c1-27-19-8-5-15(6-9-19)11-12-23-21(26)16-7-10-20(24-14-16)25-18-4-2-3-17(22)13-18/h2-10,13-14H,11-12H2,1H3,(H,23,26)(H,24,25). The molecule has 27 heavy (non-hydrogen) atoms. The van der Waals surface area contributed by atoms with E-state index < -0.39 is 0 Å². The van der Waals surface area contributed by atoms with Crippen molar-refractivity contribution >= 4 is 17.4 Å². The average Bonchev–Trinajstić information content (AvgIpc) is 2.69. The Morgan fingerprint density at radius 1 is 1.11 bits per heavy atom. The molecule has 0 radical (unpaired) electrons. The molecule has 1 aromatic heterocycles. The highest BCUT2D eigenvalue weighted by molar-refractivity contribution is 5.94. The first-order chi connectivity index (χ1) is 13.1. The molecule has 1 amide bonds. The number of aromatic nitrogens is 1. The summed E-state index contributed by atoms with van der Waals surface area (Å²) in [6, 6.07) is 17.2. The number of amides is 1. The summed E-state index contributed by atoms with van der Waals surface area (Å²) in [6.07, 6.45) is 2.21. The van der Waals surface area contributed by atoms with Gasteiger partial charge in [0.15, 0.2) is 0 Å². The molecule has 3 rings (SSSR count). The summed E-state index contributed by atoms with van der Waals surface area (Å²) in [7, 11) is 1.63. The van der Waals surface area contributed by atoms with Crippen LogP contribution in [0.4, 0.5) is 15.9 Å². The van der Waals surface area contributed by atoms with Crippen molar-refractivity contribution in [2.45, 2.75) is 6.42 Å². The van der Waals surface area contributed by atoms with E-state index in [9.17, 15) is 9.18 Å². The Balaban J connectivity index is 1.51. The Morgan fingerprint density at radius 2 is 1.93 bits per heavy atom. The van der Waals surface area contributed by atoms with Crippen LogP contribution in [0.3, 0.4) is 0 Å². The van der Waals surface area contributed by atoms with E-state index in [1.165, 1.54) is 18.3 Å². The minimum Gasteiger partial charge on any atom is -0.497 e. The maximum Gasteiger partial charge on any atom is 0.252 e. The molecule has 3 aromatic rings. The van der Waals surface area contributed by atoms with Crippen LogP contribution in [0.1, 0.15) is 15.9 Å². The van der Waals surface area contributed by atoms with E-state index in [4.69, 9.17) is 4.74 Å². The molecule has 0 aliphatic heterocycles. The number of hydrogen-bond donors (Lipinski definition) is 2. The van der Waals surface area contributed by atoms with Gasteiger partial charge in [0.1, 0.15) is 17.4 Å². The molecule has 0 unspecified atom stereocenters. The van der Waals surface area contributed by atoms with Crippen LogP contribution in [-0.4, -0.2) is 24.5 Å². The summed E-state index contributed by atoms with van der Waals surface area (Å²) in [5.41, 5.74) is 2.18. The first-order valence-corrected chi connectivity index (χ1v) is 8.54. The number of anilines is 2. The molecule has 0 atom stereocenters. The second-order valence-electron chi connectivity index (χ2n) is 5.92. The summed E-state index contributed by atoms with van der Waals surface area (Å²) in [6.45, 7) is 0.522. The lowest BCUT2D eigenvalue weighted by Crippen LogP contribution is -2.25. The van der Waals surface area contributed by atoms with E-state index >= 15 is 0 Å². The Kier molecular flexibility index (Phi) is 5.99. The largest absolute Gasteiger partial charge is 0.497 e. The van der Waals surface area contributed by atoms with Crippen molar-refractivity contribution in [1.82, 2.24) is 10.3 Å². The molecule has 5 nitrogen and oxygen atoms in total. The molecule has 1 heterocycles. The van der Waals surface area contributed by atoms with Crippen molar-refractivity contribution in [2.75, 3.05) is 19.0 Å². The van der Waals surface area contributed by atoms with Crippen LogP contribution in [0, 0.1) is 5.82 Å². The molecule has 0 bridgehead atoms. The molecule has 0 saturated carbocycles. The van der Waals surface area contributed by atoms with Crippen LogP contribution in [0.25, 0.3) is 0 Å². The topological polar surface area (TPSA) is 63.2 Å². The highest BCUT2D eigenvalue weighted by atomic mass is 19.1. The molecule has 0 aliphatic carbocycles. The Bertz CT molecular complexity index is 896. The first kappa shape index (κ1) is 18.4. The monoisotopic (exact) mass is 365 g/mol. The first-order valence-electron chi connectivity index (χ1n) is 8.54. The summed E-state index contributed by atoms with van der Waals surface area (Å²) in [5.74, 6) is 0.831. The third-order valence-electron chi connectivity index (χ3n) is 3.98. The quantitative estimate of drug-likeness (QED) is 0.666. The van der Waals surface area contributed by atoms with Crippen molar-refractivity contribution < 1.29 is 13.9 Å². The fraction of sp³-hybridized carbons (Fsp3) is 0.143. The van der Waals surface area contributed by atoms with Crippen LogP contribution in [-0.2, 0) is 6.42 Å². The number of halogens is 1. The fourth-order valence-electron chi connectivity index (χ4n) is 2.53. The van der Waals surface area contributed by atoms with Crippen molar-refractivity contribution in [1.29, 1.82) is 0 Å². The molecule has 2 N–H and O–H groups in total. The Hall–Kier alpha value is -3.41. The third-order valence-corrected chi connectivity index (χ3v) is 3.98. The van der Waals surface area contributed by atoms with Gasteiger partial charge < -0.3 is 15.4 Å². The van der Waals surface area contributed by atoms with Gasteiger partial charge in [0, 0.05) is 18.4 Å². The van der Waals surface area contributed by atoms with Gasteiger partial charge >= 0.3 is 0 Å². The molecule has 0 aliphatic rings. The second-order valence-corrected chi connectivity index (χ2v) is 5.92. The van der Waals surface area contributed by atoms with E-state index in [0.29, 0.717) is 23.6 Å². The second kappa shape index (κ2) is 8.80. The summed E-state index contributed by atoms with van der Waals surface area (Å²) < 4.78 is 18.3. The zero-order valence-corrected chi connectivity index (χ0v) is 14.9. The van der Waals surface area contributed by atoms with Crippen molar-refractivity contribution in [2.24, 2.45) is 0 Å². The van der Waals surface area contributed by atoms with Crippen molar-refractivity contribution in [3.63, 3.8) is 0 Å². The molecule has 0 saturated heterocycles. The number of nitrogens with one attached hydrogen (secondary N) is 2. The number of nitrogens with zero attached hydrogens (tertiary/aromatic N) is 1. The van der Waals surface area contributed by atoms with Gasteiger partial charge in [-0.15, -0.1) is 0 Å². The number of ether oxygens (including phenoxy) is 1. The number of pyridine rings is 1. The van der Waals surface area contributed by atoms with Crippen LogP contribution >= 0.6 is 0 Å². The summed E-state index contributed by atoms with van der Waals surface area (Å²) >= 11 is 0. The number of benzene rings is 2. The zero-order valence-electron chi connectivity index (χ0n) is 14.9. The zero-order chi connectivity index (χ0) is 19.1. The van der Waals surface area contributed by atoms with Crippen molar-refractivity contribution in [3.8, 4) is 5.75 Å². The van der Waals surface area contributed by atoms with Gasteiger partial charge in [0.2, 0.25) is 0 Å². The maximum atomic E-state index is 13.2. The average molecular weight is 365 g/mol. The molecular formula is C21H20FN3O2. The van der Waals surface area contributed by atoms with E-state index in [0.717, 1.165) is 17.7 Å². The predicted octanol–water partition coefficient (Wildman–Crippen LogP) is 3.95. The predicted molar refractivity (Wildman–Crippen MR) is 103 cm³/mol. The highest BCUT2D eigenvalue weighted by Gasteiger charge is 2.06. The SMILES string of the molecule is COc1ccc(CCNC(=O)c2ccc(Nc3cccc(F)c3)nc2)cc1.